The lowest BCUT2D eigenvalue weighted by Crippen LogP contribution is -2.27. The van der Waals surface area contributed by atoms with E-state index in [0.717, 1.165) is 18.4 Å². The fourth-order valence-electron chi connectivity index (χ4n) is 3.00. The Morgan fingerprint density at radius 3 is 2.84 bits per heavy atom. The first kappa shape index (κ1) is 15.7. The van der Waals surface area contributed by atoms with Gasteiger partial charge in [0.2, 0.25) is 0 Å². The van der Waals surface area contributed by atoms with Crippen LogP contribution in [-0.4, -0.2) is 47.5 Å². The predicted octanol–water partition coefficient (Wildman–Crippen LogP) is 1.93. The van der Waals surface area contributed by atoms with Gasteiger partial charge in [-0.2, -0.15) is 5.10 Å². The molecule has 1 saturated heterocycles. The van der Waals surface area contributed by atoms with Crippen molar-refractivity contribution in [2.24, 2.45) is 0 Å². The van der Waals surface area contributed by atoms with Gasteiger partial charge in [-0.15, -0.1) is 0 Å². The lowest BCUT2D eigenvalue weighted by atomic mass is 10.2. The van der Waals surface area contributed by atoms with Crippen LogP contribution in [0.15, 0.2) is 41.6 Å². The quantitative estimate of drug-likeness (QED) is 0.661. The third-order valence-corrected chi connectivity index (χ3v) is 5.66. The van der Waals surface area contributed by atoms with Gasteiger partial charge in [-0.1, -0.05) is 6.07 Å². The van der Waals surface area contributed by atoms with Crippen LogP contribution >= 0.6 is 0 Å². The number of nitrogens with one attached hydrogen (secondary N) is 3. The number of hydrogen-bond donors (Lipinski definition) is 3. The number of aromatic amines is 2. The SMILES string of the molecule is O=C(c1cc(S(=O)(=O)Nc2cccc3[nH]ncc23)c[nH]1)N1CCCC1. The second-order valence-electron chi connectivity index (χ2n) is 5.99. The number of hydrogen-bond acceptors (Lipinski definition) is 4. The highest BCUT2D eigenvalue weighted by atomic mass is 32.2. The molecule has 1 aliphatic heterocycles. The second kappa shape index (κ2) is 5.92. The minimum Gasteiger partial charge on any atom is -0.356 e. The van der Waals surface area contributed by atoms with E-state index in [4.69, 9.17) is 0 Å². The van der Waals surface area contributed by atoms with Crippen LogP contribution in [0, 0.1) is 0 Å². The van der Waals surface area contributed by atoms with Gasteiger partial charge in [-0.05, 0) is 31.0 Å². The molecule has 4 rings (SSSR count). The summed E-state index contributed by atoms with van der Waals surface area (Å²) in [4.78, 5) is 16.9. The number of benzene rings is 1. The van der Waals surface area contributed by atoms with Gasteiger partial charge >= 0.3 is 0 Å². The Morgan fingerprint density at radius 1 is 1.24 bits per heavy atom. The number of rotatable bonds is 4. The van der Waals surface area contributed by atoms with Gasteiger partial charge < -0.3 is 9.88 Å². The fraction of sp³-hybridized carbons (Fsp3) is 0.250. The van der Waals surface area contributed by atoms with E-state index in [1.54, 1.807) is 23.2 Å². The van der Waals surface area contributed by atoms with Crippen molar-refractivity contribution in [3.63, 3.8) is 0 Å². The largest absolute Gasteiger partial charge is 0.356 e. The summed E-state index contributed by atoms with van der Waals surface area (Å²) in [5.41, 5.74) is 1.45. The second-order valence-corrected chi connectivity index (χ2v) is 7.67. The lowest BCUT2D eigenvalue weighted by molar-refractivity contribution is 0.0787. The Balaban J connectivity index is 1.60. The van der Waals surface area contributed by atoms with Crippen molar-refractivity contribution in [2.45, 2.75) is 17.7 Å². The molecule has 9 heteroatoms. The zero-order valence-corrected chi connectivity index (χ0v) is 14.1. The highest BCUT2D eigenvalue weighted by Crippen LogP contribution is 2.24. The molecule has 130 valence electrons. The highest BCUT2D eigenvalue weighted by molar-refractivity contribution is 7.92. The van der Waals surface area contributed by atoms with E-state index in [1.807, 2.05) is 6.07 Å². The summed E-state index contributed by atoms with van der Waals surface area (Å²) in [7, 11) is -3.81. The molecule has 25 heavy (non-hydrogen) atoms. The standard InChI is InChI=1S/C16H17N5O3S/c22-16(21-6-1-2-7-21)15-8-11(9-17-15)25(23,24)20-14-5-3-4-13-12(14)10-18-19-13/h3-5,8-10,17,20H,1-2,6-7H2,(H,18,19). The topological polar surface area (TPSA) is 111 Å². The average molecular weight is 359 g/mol. The van der Waals surface area contributed by atoms with Crippen LogP contribution in [0.5, 0.6) is 0 Å². The first-order chi connectivity index (χ1) is 12.0. The van der Waals surface area contributed by atoms with E-state index in [0.29, 0.717) is 24.2 Å². The van der Waals surface area contributed by atoms with Crippen LogP contribution < -0.4 is 4.72 Å². The van der Waals surface area contributed by atoms with Crippen LogP contribution in [0.2, 0.25) is 0 Å². The monoisotopic (exact) mass is 359 g/mol. The minimum absolute atomic E-state index is 0.0237. The molecule has 3 heterocycles. The van der Waals surface area contributed by atoms with Gasteiger partial charge in [0.15, 0.2) is 0 Å². The van der Waals surface area contributed by atoms with Crippen LogP contribution in [0.3, 0.4) is 0 Å². The summed E-state index contributed by atoms with van der Waals surface area (Å²) >= 11 is 0. The number of carbonyl (C=O) groups is 1. The molecule has 2 aromatic heterocycles. The fourth-order valence-corrected chi connectivity index (χ4v) is 4.08. The number of sulfonamides is 1. The summed E-state index contributed by atoms with van der Waals surface area (Å²) in [6.07, 6.45) is 4.86. The molecule has 1 aliphatic rings. The number of H-pyrrole nitrogens is 2. The molecule has 0 spiro atoms. The maximum atomic E-state index is 12.6. The molecule has 0 aliphatic carbocycles. The molecular weight excluding hydrogens is 342 g/mol. The molecule has 0 unspecified atom stereocenters. The molecule has 0 bridgehead atoms. The van der Waals surface area contributed by atoms with Crippen LogP contribution in [0.4, 0.5) is 5.69 Å². The van der Waals surface area contributed by atoms with Gasteiger partial charge in [-0.25, -0.2) is 8.42 Å². The average Bonchev–Trinajstić information content (AvgIpc) is 3.33. The van der Waals surface area contributed by atoms with Crippen molar-refractivity contribution < 1.29 is 13.2 Å². The minimum atomic E-state index is -3.81. The van der Waals surface area contributed by atoms with E-state index in [1.165, 1.54) is 12.3 Å². The summed E-state index contributed by atoms with van der Waals surface area (Å²) in [6.45, 7) is 1.42. The normalized spacial score (nSPS) is 15.0. The maximum absolute atomic E-state index is 12.6. The lowest BCUT2D eigenvalue weighted by Gasteiger charge is -2.13. The number of anilines is 1. The third-order valence-electron chi connectivity index (χ3n) is 4.32. The molecule has 0 atom stereocenters. The molecule has 0 saturated carbocycles. The van der Waals surface area contributed by atoms with Crippen molar-refractivity contribution in [1.29, 1.82) is 0 Å². The Kier molecular flexibility index (Phi) is 3.72. The number of amides is 1. The van der Waals surface area contributed by atoms with Crippen molar-refractivity contribution >= 4 is 32.5 Å². The number of fused-ring (bicyclic) bond motifs is 1. The summed E-state index contributed by atoms with van der Waals surface area (Å²) in [5.74, 6) is -0.170. The number of likely N-dealkylation sites (tertiary alicyclic amines) is 1. The van der Waals surface area contributed by atoms with Gasteiger partial charge in [-0.3, -0.25) is 14.6 Å². The third kappa shape index (κ3) is 2.86. The van der Waals surface area contributed by atoms with Gasteiger partial charge in [0.1, 0.15) is 10.6 Å². The number of nitrogens with zero attached hydrogens (tertiary/aromatic N) is 2. The molecular formula is C16H17N5O3S. The highest BCUT2D eigenvalue weighted by Gasteiger charge is 2.24. The molecule has 3 N–H and O–H groups in total. The Bertz CT molecular complexity index is 1030. The Morgan fingerprint density at radius 2 is 2.04 bits per heavy atom. The summed E-state index contributed by atoms with van der Waals surface area (Å²) in [5, 5.41) is 7.39. The van der Waals surface area contributed by atoms with Gasteiger partial charge in [0, 0.05) is 24.7 Å². The van der Waals surface area contributed by atoms with Crippen LogP contribution in [0.25, 0.3) is 10.9 Å². The van der Waals surface area contributed by atoms with Crippen molar-refractivity contribution in [3.8, 4) is 0 Å². The summed E-state index contributed by atoms with van der Waals surface area (Å²) in [6, 6.07) is 6.58. The van der Waals surface area contributed by atoms with E-state index in [2.05, 4.69) is 19.9 Å². The van der Waals surface area contributed by atoms with Crippen LogP contribution in [0.1, 0.15) is 23.3 Å². The van der Waals surface area contributed by atoms with Gasteiger partial charge in [0.25, 0.3) is 15.9 Å². The molecule has 1 fully saturated rings. The van der Waals surface area contributed by atoms with E-state index in [9.17, 15) is 13.2 Å². The molecule has 1 amide bonds. The first-order valence-corrected chi connectivity index (χ1v) is 9.45. The van der Waals surface area contributed by atoms with E-state index in [-0.39, 0.29) is 16.5 Å². The first-order valence-electron chi connectivity index (χ1n) is 7.97. The Hall–Kier alpha value is -2.81. The van der Waals surface area contributed by atoms with Crippen molar-refractivity contribution in [2.75, 3.05) is 17.8 Å². The number of carbonyl (C=O) groups excluding carboxylic acids is 1. The van der Waals surface area contributed by atoms with Crippen LogP contribution in [-0.2, 0) is 10.0 Å². The molecule has 8 nitrogen and oxygen atoms in total. The molecule has 3 aromatic rings. The van der Waals surface area contributed by atoms with Crippen molar-refractivity contribution in [1.82, 2.24) is 20.1 Å². The van der Waals surface area contributed by atoms with Crippen molar-refractivity contribution in [3.05, 3.63) is 42.4 Å². The zero-order chi connectivity index (χ0) is 17.4. The predicted molar refractivity (Wildman–Crippen MR) is 92.8 cm³/mol. The van der Waals surface area contributed by atoms with Gasteiger partial charge in [0.05, 0.1) is 17.4 Å². The van der Waals surface area contributed by atoms with E-state index >= 15 is 0 Å². The van der Waals surface area contributed by atoms with E-state index < -0.39 is 10.0 Å². The maximum Gasteiger partial charge on any atom is 0.270 e. The number of aromatic nitrogens is 3. The molecule has 0 radical (unpaired) electrons. The molecule has 1 aromatic carbocycles. The Labute approximate surface area is 144 Å². The smallest absolute Gasteiger partial charge is 0.270 e. The zero-order valence-electron chi connectivity index (χ0n) is 13.3. The summed E-state index contributed by atoms with van der Waals surface area (Å²) < 4.78 is 27.8.